The molecule has 1 aliphatic rings. The number of nitrogens with one attached hydrogen (secondary N) is 1. The van der Waals surface area contributed by atoms with Crippen LogP contribution in [0.3, 0.4) is 0 Å². The Morgan fingerprint density at radius 1 is 1.21 bits per heavy atom. The number of thioether (sulfide) groups is 1. The minimum absolute atomic E-state index is 0.0103. The highest BCUT2D eigenvalue weighted by atomic mass is 32.2. The van der Waals surface area contributed by atoms with E-state index in [0.29, 0.717) is 47.6 Å². The molecule has 11 heteroatoms. The molecule has 1 aliphatic heterocycles. The van der Waals surface area contributed by atoms with Gasteiger partial charge in [-0.1, -0.05) is 25.1 Å². The van der Waals surface area contributed by atoms with E-state index in [9.17, 15) is 13.2 Å². The molecule has 0 fully saturated rings. The number of nitrogens with zero attached hydrogens (tertiary/aromatic N) is 2. The van der Waals surface area contributed by atoms with Gasteiger partial charge in [0.25, 0.3) is 0 Å². The van der Waals surface area contributed by atoms with Gasteiger partial charge in [0.15, 0.2) is 16.7 Å². The third-order valence-electron chi connectivity index (χ3n) is 5.21. The first-order valence-corrected chi connectivity index (χ1v) is 13.1. The van der Waals surface area contributed by atoms with Gasteiger partial charge in [0.1, 0.15) is 13.2 Å². The van der Waals surface area contributed by atoms with Crippen molar-refractivity contribution in [1.29, 1.82) is 0 Å². The van der Waals surface area contributed by atoms with Crippen molar-refractivity contribution in [2.45, 2.75) is 48.5 Å². The van der Waals surface area contributed by atoms with Crippen LogP contribution in [0.1, 0.15) is 26.7 Å². The number of unbranched alkanes of at least 4 members (excludes halogenated alkanes) is 1. The van der Waals surface area contributed by atoms with Gasteiger partial charge in [-0.25, -0.2) is 18.5 Å². The maximum absolute atomic E-state index is 12.9. The van der Waals surface area contributed by atoms with E-state index in [2.05, 4.69) is 17.2 Å². The minimum atomic E-state index is -3.83. The second-order valence-electron chi connectivity index (χ2n) is 7.70. The summed E-state index contributed by atoms with van der Waals surface area (Å²) in [5.74, 6) is 1.08. The SMILES string of the molecule is CCCCn1c(S[C@H](C)C(=O)Nc2ccc3c(c2)OCCO3)nc2cc(S(N)(=O)=O)ccc21. The van der Waals surface area contributed by atoms with E-state index in [1.54, 1.807) is 31.2 Å². The Morgan fingerprint density at radius 2 is 1.97 bits per heavy atom. The molecule has 0 saturated heterocycles. The molecule has 176 valence electrons. The molecule has 0 unspecified atom stereocenters. The molecule has 2 aromatic carbocycles. The predicted octanol–water partition coefficient (Wildman–Crippen LogP) is 3.37. The molecule has 1 amide bonds. The number of carbonyl (C=O) groups excluding carboxylic acids is 1. The summed E-state index contributed by atoms with van der Waals surface area (Å²) in [5, 5.41) is 8.38. The lowest BCUT2D eigenvalue weighted by Gasteiger charge is -2.19. The Kier molecular flexibility index (Phi) is 6.82. The average molecular weight is 491 g/mol. The summed E-state index contributed by atoms with van der Waals surface area (Å²) in [5.41, 5.74) is 1.95. The molecule has 0 aliphatic carbocycles. The third-order valence-corrected chi connectivity index (χ3v) is 7.21. The Morgan fingerprint density at radius 3 is 2.70 bits per heavy atom. The van der Waals surface area contributed by atoms with Crippen LogP contribution in [0.4, 0.5) is 5.69 Å². The summed E-state index contributed by atoms with van der Waals surface area (Å²) in [6.45, 7) is 5.58. The van der Waals surface area contributed by atoms with E-state index in [1.807, 2.05) is 4.57 Å². The molecular formula is C22H26N4O5S2. The van der Waals surface area contributed by atoms with Crippen LogP contribution >= 0.6 is 11.8 Å². The number of rotatable bonds is 8. The second kappa shape index (κ2) is 9.62. The number of sulfonamides is 1. The summed E-state index contributed by atoms with van der Waals surface area (Å²) in [6, 6.07) is 9.95. The molecule has 3 N–H and O–H groups in total. The Bertz CT molecular complexity index is 1290. The van der Waals surface area contributed by atoms with E-state index in [0.717, 1.165) is 18.4 Å². The van der Waals surface area contributed by atoms with E-state index in [1.165, 1.54) is 23.9 Å². The Labute approximate surface area is 196 Å². The summed E-state index contributed by atoms with van der Waals surface area (Å²) in [4.78, 5) is 17.5. The van der Waals surface area contributed by atoms with Crippen molar-refractivity contribution in [2.24, 2.45) is 5.14 Å². The molecule has 9 nitrogen and oxygen atoms in total. The number of aryl methyl sites for hydroxylation is 1. The van der Waals surface area contributed by atoms with E-state index < -0.39 is 15.3 Å². The fourth-order valence-corrected chi connectivity index (χ4v) is 4.95. The molecule has 0 radical (unpaired) electrons. The quantitative estimate of drug-likeness (QED) is 0.464. The second-order valence-corrected chi connectivity index (χ2v) is 10.6. The molecular weight excluding hydrogens is 464 g/mol. The van der Waals surface area contributed by atoms with Gasteiger partial charge in [0, 0.05) is 18.3 Å². The van der Waals surface area contributed by atoms with Crippen molar-refractivity contribution in [3.8, 4) is 11.5 Å². The Hall–Kier alpha value is -2.76. The first kappa shape index (κ1) is 23.4. The van der Waals surface area contributed by atoms with Crippen molar-refractivity contribution in [3.63, 3.8) is 0 Å². The number of primary sulfonamides is 1. The topological polar surface area (TPSA) is 126 Å². The minimum Gasteiger partial charge on any atom is -0.486 e. The maximum atomic E-state index is 12.9. The largest absolute Gasteiger partial charge is 0.486 e. The standard InChI is InChI=1S/C22H26N4O5S2/c1-3-4-9-26-18-7-6-16(33(23,28)29)13-17(18)25-22(26)32-14(2)21(27)24-15-5-8-19-20(12-15)31-11-10-30-19/h5-8,12-14H,3-4,9-11H2,1-2H3,(H,24,27)(H2,23,28,29)/t14-/m1/s1. The van der Waals surface area contributed by atoms with Crippen LogP contribution in [-0.2, 0) is 21.4 Å². The normalized spacial score (nSPS) is 14.3. The molecule has 2 heterocycles. The van der Waals surface area contributed by atoms with Gasteiger partial charge in [-0.3, -0.25) is 4.79 Å². The first-order chi connectivity index (χ1) is 15.8. The van der Waals surface area contributed by atoms with Crippen LogP contribution in [0.2, 0.25) is 0 Å². The molecule has 3 aromatic rings. The molecule has 1 aromatic heterocycles. The highest BCUT2D eigenvalue weighted by Gasteiger charge is 2.21. The first-order valence-electron chi connectivity index (χ1n) is 10.7. The maximum Gasteiger partial charge on any atom is 0.238 e. The summed E-state index contributed by atoms with van der Waals surface area (Å²) < 4.78 is 36.6. The van der Waals surface area contributed by atoms with E-state index in [-0.39, 0.29) is 10.8 Å². The van der Waals surface area contributed by atoms with Crippen molar-refractivity contribution >= 4 is 44.4 Å². The number of amides is 1. The number of hydrogen-bond acceptors (Lipinski definition) is 7. The number of ether oxygens (including phenoxy) is 2. The highest BCUT2D eigenvalue weighted by Crippen LogP contribution is 2.33. The van der Waals surface area contributed by atoms with Crippen molar-refractivity contribution in [1.82, 2.24) is 9.55 Å². The number of anilines is 1. The zero-order chi connectivity index (χ0) is 23.6. The van der Waals surface area contributed by atoms with Gasteiger partial charge in [0.2, 0.25) is 15.9 Å². The lowest BCUT2D eigenvalue weighted by molar-refractivity contribution is -0.115. The van der Waals surface area contributed by atoms with Crippen LogP contribution < -0.4 is 19.9 Å². The van der Waals surface area contributed by atoms with Gasteiger partial charge in [0.05, 0.1) is 21.2 Å². The fraction of sp³-hybridized carbons (Fsp3) is 0.364. The van der Waals surface area contributed by atoms with Gasteiger partial charge in [-0.15, -0.1) is 0 Å². The van der Waals surface area contributed by atoms with Gasteiger partial charge >= 0.3 is 0 Å². The number of hydrogen-bond donors (Lipinski definition) is 2. The number of benzene rings is 2. The van der Waals surface area contributed by atoms with Crippen molar-refractivity contribution in [3.05, 3.63) is 36.4 Å². The Balaban J connectivity index is 1.55. The highest BCUT2D eigenvalue weighted by molar-refractivity contribution is 8.00. The number of imidazole rings is 1. The average Bonchev–Trinajstić information content (AvgIpc) is 3.13. The number of nitrogens with two attached hydrogens (primary N) is 1. The summed E-state index contributed by atoms with van der Waals surface area (Å²) in [7, 11) is -3.83. The predicted molar refractivity (Wildman–Crippen MR) is 127 cm³/mol. The number of aromatic nitrogens is 2. The molecule has 0 spiro atoms. The lowest BCUT2D eigenvalue weighted by Crippen LogP contribution is -2.23. The zero-order valence-corrected chi connectivity index (χ0v) is 20.0. The van der Waals surface area contributed by atoms with Crippen LogP contribution in [0.5, 0.6) is 11.5 Å². The van der Waals surface area contributed by atoms with Crippen molar-refractivity contribution in [2.75, 3.05) is 18.5 Å². The van der Waals surface area contributed by atoms with Crippen LogP contribution in [0.15, 0.2) is 46.5 Å². The van der Waals surface area contributed by atoms with Crippen LogP contribution in [0.25, 0.3) is 11.0 Å². The molecule has 0 bridgehead atoms. The fourth-order valence-electron chi connectivity index (χ4n) is 3.46. The molecule has 0 saturated carbocycles. The molecule has 33 heavy (non-hydrogen) atoms. The lowest BCUT2D eigenvalue weighted by atomic mass is 10.2. The van der Waals surface area contributed by atoms with E-state index in [4.69, 9.17) is 14.6 Å². The summed E-state index contributed by atoms with van der Waals surface area (Å²) >= 11 is 1.32. The van der Waals surface area contributed by atoms with Gasteiger partial charge < -0.3 is 19.4 Å². The van der Waals surface area contributed by atoms with Crippen LogP contribution in [0, 0.1) is 0 Å². The van der Waals surface area contributed by atoms with Gasteiger partial charge in [-0.2, -0.15) is 0 Å². The number of fused-ring (bicyclic) bond motifs is 2. The van der Waals surface area contributed by atoms with E-state index >= 15 is 0 Å². The zero-order valence-electron chi connectivity index (χ0n) is 18.4. The molecule has 1 atom stereocenters. The smallest absolute Gasteiger partial charge is 0.238 e. The molecule has 4 rings (SSSR count). The van der Waals surface area contributed by atoms with Crippen LogP contribution in [-0.4, -0.2) is 42.3 Å². The van der Waals surface area contributed by atoms with Gasteiger partial charge in [-0.05, 0) is 43.7 Å². The monoisotopic (exact) mass is 490 g/mol. The summed E-state index contributed by atoms with van der Waals surface area (Å²) in [6.07, 6.45) is 1.91. The van der Waals surface area contributed by atoms with Crippen molar-refractivity contribution < 1.29 is 22.7 Å². The third kappa shape index (κ3) is 5.26. The number of carbonyl (C=O) groups is 1.